The van der Waals surface area contributed by atoms with E-state index in [0.29, 0.717) is 0 Å². The Morgan fingerprint density at radius 3 is 2.14 bits per heavy atom. The van der Waals surface area contributed by atoms with Gasteiger partial charge in [-0.25, -0.2) is 4.39 Å². The molecule has 0 rings (SSSR count). The summed E-state index contributed by atoms with van der Waals surface area (Å²) in [6.07, 6.45) is -16.6. The Kier molecular flexibility index (Phi) is 7.40. The summed E-state index contributed by atoms with van der Waals surface area (Å²) in [5, 5.41) is 16.6. The summed E-state index contributed by atoms with van der Waals surface area (Å²) in [5.41, 5.74) is 0. The first-order valence-electron chi connectivity index (χ1n) is 5.85. The second-order valence-corrected chi connectivity index (χ2v) is 4.26. The normalized spacial score (nSPS) is 15.9. The molecule has 0 saturated carbocycles. The Morgan fingerprint density at radius 1 is 1.24 bits per heavy atom. The van der Waals surface area contributed by atoms with Gasteiger partial charge in [0, 0.05) is 0 Å². The molecule has 126 valence electrons. The van der Waals surface area contributed by atoms with Crippen molar-refractivity contribution in [3.05, 3.63) is 0 Å². The number of carbonyl (C=O) groups is 1. The van der Waals surface area contributed by atoms with Crippen molar-refractivity contribution in [1.29, 1.82) is 0 Å². The molecule has 0 aromatic rings. The van der Waals surface area contributed by atoms with Gasteiger partial charge >= 0.3 is 18.3 Å². The van der Waals surface area contributed by atoms with Crippen LogP contribution in [0, 0.1) is 5.92 Å². The van der Waals surface area contributed by atoms with Crippen molar-refractivity contribution in [2.24, 2.45) is 5.92 Å². The third-order valence-corrected chi connectivity index (χ3v) is 2.52. The van der Waals surface area contributed by atoms with Gasteiger partial charge in [0.1, 0.15) is 0 Å². The van der Waals surface area contributed by atoms with E-state index in [1.165, 1.54) is 6.92 Å². The number of nitrogens with zero attached hydrogens (tertiary/aromatic N) is 1. The van der Waals surface area contributed by atoms with Crippen LogP contribution in [0.2, 0.25) is 0 Å². The Hall–Kier alpha value is -1.07. The van der Waals surface area contributed by atoms with Crippen LogP contribution < -0.4 is 0 Å². The predicted molar refractivity (Wildman–Crippen MR) is 55.3 cm³/mol. The zero-order valence-corrected chi connectivity index (χ0v) is 10.9. The zero-order chi connectivity index (χ0) is 16.8. The van der Waals surface area contributed by atoms with Crippen LogP contribution in [0.4, 0.5) is 26.3 Å². The highest BCUT2D eigenvalue weighted by molar-refractivity contribution is 5.72. The number of halogens is 6. The first-order valence-corrected chi connectivity index (χ1v) is 5.85. The van der Waals surface area contributed by atoms with Gasteiger partial charge in [0.25, 0.3) is 0 Å². The van der Waals surface area contributed by atoms with E-state index in [1.807, 2.05) is 0 Å². The Morgan fingerprint density at radius 2 is 1.76 bits per heavy atom. The van der Waals surface area contributed by atoms with Gasteiger partial charge in [-0.05, 0) is 12.8 Å². The van der Waals surface area contributed by atoms with Gasteiger partial charge in [0.15, 0.2) is 0 Å². The molecule has 0 saturated heterocycles. The third-order valence-electron chi connectivity index (χ3n) is 2.52. The standard InChI is InChI=1S/C10H15F6NO4/c1-2-6(3-4-17(19)20)8(18)21-10(15,16)7(11)5-9(12,13)14/h6-7,19-20H,2-5H2,1H3. The van der Waals surface area contributed by atoms with Gasteiger partial charge in [-0.1, -0.05) is 12.2 Å². The molecule has 0 heterocycles. The molecule has 2 N–H and O–H groups in total. The van der Waals surface area contributed by atoms with E-state index >= 15 is 0 Å². The summed E-state index contributed by atoms with van der Waals surface area (Å²) in [6, 6.07) is 0. The van der Waals surface area contributed by atoms with Crippen LogP contribution in [0.5, 0.6) is 0 Å². The zero-order valence-electron chi connectivity index (χ0n) is 10.9. The average Bonchev–Trinajstić information content (AvgIpc) is 2.26. The minimum Gasteiger partial charge on any atom is -0.398 e. The lowest BCUT2D eigenvalue weighted by atomic mass is 10.0. The Bertz CT molecular complexity index is 336. The van der Waals surface area contributed by atoms with Gasteiger partial charge in [-0.2, -0.15) is 22.0 Å². The number of hydrogen-bond acceptors (Lipinski definition) is 5. The average molecular weight is 327 g/mol. The van der Waals surface area contributed by atoms with Crippen molar-refractivity contribution in [2.75, 3.05) is 6.54 Å². The lowest BCUT2D eigenvalue weighted by molar-refractivity contribution is -0.308. The first kappa shape index (κ1) is 19.9. The molecule has 21 heavy (non-hydrogen) atoms. The highest BCUT2D eigenvalue weighted by Gasteiger charge is 2.50. The van der Waals surface area contributed by atoms with Crippen molar-refractivity contribution < 1.29 is 46.3 Å². The van der Waals surface area contributed by atoms with Crippen molar-refractivity contribution in [3.8, 4) is 0 Å². The van der Waals surface area contributed by atoms with Crippen molar-refractivity contribution in [2.45, 2.75) is 44.6 Å². The van der Waals surface area contributed by atoms with E-state index in [2.05, 4.69) is 4.74 Å². The summed E-state index contributed by atoms with van der Waals surface area (Å²) < 4.78 is 78.0. The fraction of sp³-hybridized carbons (Fsp3) is 0.900. The van der Waals surface area contributed by atoms with E-state index in [9.17, 15) is 31.1 Å². The van der Waals surface area contributed by atoms with Crippen LogP contribution >= 0.6 is 0 Å². The SMILES string of the molecule is CCC(CCN(O)O)C(=O)OC(F)(F)C(F)CC(F)(F)F. The molecule has 0 aromatic carbocycles. The number of alkyl halides is 6. The fourth-order valence-corrected chi connectivity index (χ4v) is 1.36. The summed E-state index contributed by atoms with van der Waals surface area (Å²) >= 11 is 0. The van der Waals surface area contributed by atoms with E-state index < -0.39 is 43.3 Å². The molecule has 0 radical (unpaired) electrons. The van der Waals surface area contributed by atoms with Crippen LogP contribution in [0.1, 0.15) is 26.2 Å². The maximum absolute atomic E-state index is 13.1. The quantitative estimate of drug-likeness (QED) is 0.407. The number of rotatable bonds is 8. The maximum atomic E-state index is 13.1. The molecule has 0 aliphatic rings. The molecule has 0 aliphatic heterocycles. The molecule has 0 spiro atoms. The molecular weight excluding hydrogens is 312 g/mol. The molecule has 0 aliphatic carbocycles. The summed E-state index contributed by atoms with van der Waals surface area (Å²) in [5.74, 6) is -2.86. The largest absolute Gasteiger partial charge is 0.432 e. The smallest absolute Gasteiger partial charge is 0.398 e. The van der Waals surface area contributed by atoms with Crippen LogP contribution in [-0.4, -0.2) is 46.6 Å². The topological polar surface area (TPSA) is 70.0 Å². The van der Waals surface area contributed by atoms with Crippen LogP contribution in [0.3, 0.4) is 0 Å². The van der Waals surface area contributed by atoms with E-state index in [4.69, 9.17) is 10.4 Å². The molecule has 0 fully saturated rings. The highest BCUT2D eigenvalue weighted by Crippen LogP contribution is 2.33. The second kappa shape index (κ2) is 7.80. The Labute approximate surface area is 116 Å². The van der Waals surface area contributed by atoms with E-state index in [0.717, 1.165) is 0 Å². The van der Waals surface area contributed by atoms with Gasteiger partial charge in [-0.3, -0.25) is 15.2 Å². The molecular formula is C10H15F6NO4. The number of esters is 1. The van der Waals surface area contributed by atoms with Crippen LogP contribution in [-0.2, 0) is 9.53 Å². The second-order valence-electron chi connectivity index (χ2n) is 4.26. The predicted octanol–water partition coefficient (Wildman–Crippen LogP) is 2.91. The molecule has 0 bridgehead atoms. The van der Waals surface area contributed by atoms with Crippen molar-refractivity contribution >= 4 is 5.97 Å². The Balaban J connectivity index is 4.63. The lowest BCUT2D eigenvalue weighted by Crippen LogP contribution is -2.40. The summed E-state index contributed by atoms with van der Waals surface area (Å²) in [4.78, 5) is 11.3. The lowest BCUT2D eigenvalue weighted by Gasteiger charge is -2.23. The highest BCUT2D eigenvalue weighted by atomic mass is 19.4. The summed E-state index contributed by atoms with van der Waals surface area (Å²) in [7, 11) is 0. The number of carbonyl (C=O) groups excluding carboxylic acids is 1. The van der Waals surface area contributed by atoms with Crippen molar-refractivity contribution in [1.82, 2.24) is 5.23 Å². The van der Waals surface area contributed by atoms with Crippen LogP contribution in [0.15, 0.2) is 0 Å². The summed E-state index contributed by atoms with van der Waals surface area (Å²) in [6.45, 7) is 0.895. The maximum Gasteiger partial charge on any atom is 0.432 e. The third kappa shape index (κ3) is 8.07. The fourth-order valence-electron chi connectivity index (χ4n) is 1.36. The van der Waals surface area contributed by atoms with E-state index in [1.54, 1.807) is 0 Å². The number of hydroxylamine groups is 2. The van der Waals surface area contributed by atoms with E-state index in [-0.39, 0.29) is 18.1 Å². The van der Waals surface area contributed by atoms with Crippen LogP contribution in [0.25, 0.3) is 0 Å². The number of ether oxygens (including phenoxy) is 1. The molecule has 5 nitrogen and oxygen atoms in total. The molecule has 11 heteroatoms. The molecule has 2 atom stereocenters. The minimum absolute atomic E-state index is 0.0566. The van der Waals surface area contributed by atoms with Crippen molar-refractivity contribution in [3.63, 3.8) is 0 Å². The number of hydrogen-bond donors (Lipinski definition) is 2. The van der Waals surface area contributed by atoms with Gasteiger partial charge in [0.2, 0.25) is 6.17 Å². The first-order chi connectivity index (χ1) is 9.39. The van der Waals surface area contributed by atoms with Gasteiger partial charge in [-0.15, -0.1) is 0 Å². The van der Waals surface area contributed by atoms with Gasteiger partial charge < -0.3 is 4.74 Å². The minimum atomic E-state index is -5.17. The van der Waals surface area contributed by atoms with Gasteiger partial charge in [0.05, 0.1) is 18.9 Å². The molecule has 0 amide bonds. The molecule has 2 unspecified atom stereocenters. The monoisotopic (exact) mass is 327 g/mol. The molecule has 0 aromatic heterocycles.